The van der Waals surface area contributed by atoms with E-state index < -0.39 is 11.9 Å². The fourth-order valence-corrected chi connectivity index (χ4v) is 4.33. The summed E-state index contributed by atoms with van der Waals surface area (Å²) in [5.74, 6) is -1.38. The molecule has 25 heavy (non-hydrogen) atoms. The van der Waals surface area contributed by atoms with Crippen molar-refractivity contribution >= 4 is 45.3 Å². The highest BCUT2D eigenvalue weighted by Gasteiger charge is 2.21. The number of allylic oxidation sites excluding steroid dienone is 4. The molecule has 0 atom stereocenters. The van der Waals surface area contributed by atoms with Crippen molar-refractivity contribution in [3.8, 4) is 12.1 Å². The van der Waals surface area contributed by atoms with Gasteiger partial charge in [-0.2, -0.15) is 10.5 Å². The molecule has 0 aliphatic carbocycles. The molecular weight excluding hydrogens is 384 g/mol. The molecule has 8 nitrogen and oxygen atoms in total. The second kappa shape index (κ2) is 11.4. The molecule has 0 amide bonds. The second-order valence-electron chi connectivity index (χ2n) is 4.16. The van der Waals surface area contributed by atoms with Crippen molar-refractivity contribution in [3.05, 3.63) is 31.0 Å². The van der Waals surface area contributed by atoms with Gasteiger partial charge in [-0.25, -0.2) is 9.59 Å². The number of rotatable bonds is 7. The average Bonchev–Trinajstić information content (AvgIpc) is 2.58. The van der Waals surface area contributed by atoms with Crippen LogP contribution in [-0.4, -0.2) is 26.2 Å². The Bertz CT molecular complexity index is 721. The Labute approximate surface area is 157 Å². The first-order valence-corrected chi connectivity index (χ1v) is 9.36. The molecule has 0 saturated carbocycles. The number of nitriles is 2. The van der Waals surface area contributed by atoms with Crippen LogP contribution in [0.4, 0.5) is 0 Å². The predicted octanol–water partition coefficient (Wildman–Crippen LogP) is 2.09. The molecule has 0 aromatic rings. The molecule has 0 radical (unpaired) electrons. The molecule has 0 bridgehead atoms. The zero-order valence-corrected chi connectivity index (χ0v) is 16.4. The zero-order chi connectivity index (χ0) is 19.6. The van der Waals surface area contributed by atoms with Crippen LogP contribution in [0.25, 0.3) is 0 Å². The summed E-state index contributed by atoms with van der Waals surface area (Å²) in [4.78, 5) is 23.4. The Balaban J connectivity index is 5.65. The third-order valence-corrected chi connectivity index (χ3v) is 6.05. The maximum atomic E-state index is 11.7. The molecule has 134 valence electrons. The Morgan fingerprint density at radius 1 is 0.840 bits per heavy atom. The Morgan fingerprint density at radius 3 is 1.64 bits per heavy atom. The Morgan fingerprint density at radius 2 is 1.28 bits per heavy atom. The lowest BCUT2D eigenvalue weighted by atomic mass is 10.4. The molecule has 11 heteroatoms. The van der Waals surface area contributed by atoms with E-state index in [0.29, 0.717) is 11.8 Å². The Kier molecular flexibility index (Phi) is 10.4. The summed E-state index contributed by atoms with van der Waals surface area (Å²) in [6.45, 7) is 2.98. The van der Waals surface area contributed by atoms with Gasteiger partial charge in [0.15, 0.2) is 0 Å². The number of thioether (sulfide) groups is 1. The zero-order valence-electron chi connectivity index (χ0n) is 13.9. The van der Waals surface area contributed by atoms with Crippen molar-refractivity contribution in [2.45, 2.75) is 13.8 Å². The van der Waals surface area contributed by atoms with Gasteiger partial charge >= 0.3 is 11.9 Å². The number of esters is 2. The lowest BCUT2D eigenvalue weighted by molar-refractivity contribution is -0.136. The number of nitrogens with two attached hydrogens (primary N) is 2. The van der Waals surface area contributed by atoms with E-state index in [-0.39, 0.29) is 31.0 Å². The predicted molar refractivity (Wildman–Crippen MR) is 98.8 cm³/mol. The van der Waals surface area contributed by atoms with Crippen molar-refractivity contribution < 1.29 is 19.1 Å². The van der Waals surface area contributed by atoms with E-state index in [0.717, 1.165) is 21.6 Å². The van der Waals surface area contributed by atoms with Gasteiger partial charge in [-0.15, -0.1) is 0 Å². The van der Waals surface area contributed by atoms with Crippen LogP contribution in [0.1, 0.15) is 13.8 Å². The van der Waals surface area contributed by atoms with E-state index in [2.05, 4.69) is 9.47 Å². The van der Waals surface area contributed by atoms with Gasteiger partial charge in [-0.05, 0) is 35.4 Å². The van der Waals surface area contributed by atoms with Gasteiger partial charge in [0.05, 0.1) is 14.2 Å². The highest BCUT2D eigenvalue weighted by molar-refractivity contribution is 8.79. The molecule has 0 saturated heterocycles. The van der Waals surface area contributed by atoms with Crippen LogP contribution in [0.15, 0.2) is 31.0 Å². The number of hydrogen-bond donors (Lipinski definition) is 2. The van der Waals surface area contributed by atoms with E-state index in [1.807, 2.05) is 12.1 Å². The lowest BCUT2D eigenvalue weighted by Gasteiger charge is -2.08. The summed E-state index contributed by atoms with van der Waals surface area (Å²) in [5, 5.41) is 18.6. The first-order chi connectivity index (χ1) is 11.7. The van der Waals surface area contributed by atoms with Crippen LogP contribution in [-0.2, 0) is 19.1 Å². The molecule has 0 rings (SSSR count). The van der Waals surface area contributed by atoms with Gasteiger partial charge in [0.25, 0.3) is 0 Å². The molecule has 0 heterocycles. The lowest BCUT2D eigenvalue weighted by Crippen LogP contribution is -2.09. The summed E-state index contributed by atoms with van der Waals surface area (Å²) in [7, 11) is 4.10. The molecule has 0 aliphatic heterocycles. The number of carbonyl (C=O) groups is 2. The number of methoxy groups -OCH3 is 2. The van der Waals surface area contributed by atoms with Crippen LogP contribution in [0.5, 0.6) is 0 Å². The second-order valence-corrected chi connectivity index (χ2v) is 7.33. The summed E-state index contributed by atoms with van der Waals surface area (Å²) in [6.07, 6.45) is 0. The van der Waals surface area contributed by atoms with Gasteiger partial charge in [-0.1, -0.05) is 11.8 Å². The van der Waals surface area contributed by atoms with Crippen molar-refractivity contribution in [1.29, 1.82) is 10.5 Å². The van der Waals surface area contributed by atoms with Crippen molar-refractivity contribution in [2.75, 3.05) is 14.2 Å². The normalized spacial score (nSPS) is 13.4. The van der Waals surface area contributed by atoms with Crippen LogP contribution in [0.2, 0.25) is 0 Å². The monoisotopic (exact) mass is 400 g/mol. The molecule has 0 unspecified atom stereocenters. The SMILES string of the molecule is COC(=O)/C(SS/C(C#N)=C(/C#N)S/C(C(=O)OC)=C(\C)N)=C(/C)N. The van der Waals surface area contributed by atoms with Gasteiger partial charge in [0.2, 0.25) is 0 Å². The molecular formula is C14H16N4O4S3. The Hall–Kier alpha value is -2.21. The minimum Gasteiger partial charge on any atom is -0.465 e. The van der Waals surface area contributed by atoms with Crippen molar-refractivity contribution in [2.24, 2.45) is 11.5 Å². The van der Waals surface area contributed by atoms with E-state index in [4.69, 9.17) is 11.5 Å². The molecule has 0 spiro atoms. The third kappa shape index (κ3) is 7.05. The standard InChI is InChI=1S/C14H16N4O4S3/c1-7(17)11(13(19)21-3)23-9(5-15)10(6-16)24-25-12(8(2)18)14(20)22-4/h17-18H2,1-4H3/b10-9-,11-7+,12-8+. The third-order valence-electron chi connectivity index (χ3n) is 2.28. The number of ether oxygens (including phenoxy) is 2. The minimum absolute atomic E-state index is 0.00358. The first-order valence-electron chi connectivity index (χ1n) is 6.39. The molecule has 0 fully saturated rings. The smallest absolute Gasteiger partial charge is 0.346 e. The average molecular weight is 401 g/mol. The van der Waals surface area contributed by atoms with Crippen molar-refractivity contribution in [3.63, 3.8) is 0 Å². The highest BCUT2D eigenvalue weighted by atomic mass is 33.1. The van der Waals surface area contributed by atoms with Gasteiger partial charge < -0.3 is 20.9 Å². The van der Waals surface area contributed by atoms with E-state index in [1.54, 1.807) is 0 Å². The molecule has 0 aliphatic rings. The summed E-state index contributed by atoms with van der Waals surface area (Å²) < 4.78 is 9.20. The number of hydrogen-bond acceptors (Lipinski definition) is 11. The molecule has 0 aromatic carbocycles. The van der Waals surface area contributed by atoms with E-state index in [9.17, 15) is 20.1 Å². The van der Waals surface area contributed by atoms with Gasteiger partial charge in [-0.3, -0.25) is 0 Å². The van der Waals surface area contributed by atoms with E-state index in [1.165, 1.54) is 28.1 Å². The first kappa shape index (κ1) is 22.8. The molecule has 0 aromatic heterocycles. The summed E-state index contributed by atoms with van der Waals surface area (Å²) >= 11 is 0.716. The fourth-order valence-electron chi connectivity index (χ4n) is 1.14. The fraction of sp³-hybridized carbons (Fsp3) is 0.286. The highest BCUT2D eigenvalue weighted by Crippen LogP contribution is 2.42. The summed E-state index contributed by atoms with van der Waals surface area (Å²) in [6, 6.07) is 3.69. The van der Waals surface area contributed by atoms with E-state index >= 15 is 0 Å². The van der Waals surface area contributed by atoms with Crippen LogP contribution < -0.4 is 11.5 Å². The number of nitrogens with zero attached hydrogens (tertiary/aromatic N) is 2. The van der Waals surface area contributed by atoms with Crippen LogP contribution >= 0.6 is 33.3 Å². The topological polar surface area (TPSA) is 152 Å². The minimum atomic E-state index is -0.722. The maximum Gasteiger partial charge on any atom is 0.346 e. The van der Waals surface area contributed by atoms with Gasteiger partial charge in [0.1, 0.15) is 31.8 Å². The van der Waals surface area contributed by atoms with Crippen LogP contribution in [0.3, 0.4) is 0 Å². The van der Waals surface area contributed by atoms with Crippen molar-refractivity contribution in [1.82, 2.24) is 0 Å². The van der Waals surface area contributed by atoms with Crippen LogP contribution in [0, 0.1) is 22.7 Å². The largest absolute Gasteiger partial charge is 0.465 e. The molecule has 4 N–H and O–H groups in total. The maximum absolute atomic E-state index is 11.7. The quantitative estimate of drug-likeness (QED) is 0.279. The number of carbonyl (C=O) groups excluding carboxylic acids is 2. The van der Waals surface area contributed by atoms with Gasteiger partial charge in [0, 0.05) is 11.4 Å². The summed E-state index contributed by atoms with van der Waals surface area (Å²) in [5.41, 5.74) is 11.6.